The normalized spacial score (nSPS) is 10.2. The van der Waals surface area contributed by atoms with E-state index in [0.29, 0.717) is 5.76 Å². The Morgan fingerprint density at radius 3 is 2.47 bits per heavy atom. The maximum Gasteiger partial charge on any atom is 0.194 e. The molecule has 2 nitrogen and oxygen atoms in total. The van der Waals surface area contributed by atoms with E-state index >= 15 is 0 Å². The van der Waals surface area contributed by atoms with E-state index in [9.17, 15) is 4.79 Å². The van der Waals surface area contributed by atoms with Crippen molar-refractivity contribution in [3.63, 3.8) is 0 Å². The molecule has 0 unspecified atom stereocenters. The van der Waals surface area contributed by atoms with Crippen molar-refractivity contribution in [2.24, 2.45) is 0 Å². The number of benzene rings is 1. The van der Waals surface area contributed by atoms with E-state index in [2.05, 4.69) is 0 Å². The van der Waals surface area contributed by atoms with Gasteiger partial charge in [-0.25, -0.2) is 0 Å². The third-order valence-corrected chi connectivity index (χ3v) is 2.23. The molecule has 2 heteroatoms. The molecule has 0 amide bonds. The molecule has 15 heavy (non-hydrogen) atoms. The number of carbonyl (C=O) groups excluding carboxylic acids is 1. The highest BCUT2D eigenvalue weighted by Crippen LogP contribution is 2.13. The molecule has 0 atom stereocenters. The summed E-state index contributed by atoms with van der Waals surface area (Å²) in [5.41, 5.74) is 1.18. The first-order valence-corrected chi connectivity index (χ1v) is 4.89. The SMILES string of the molecule is CC(=O)c1ccc(Cc2ccccc2)o1. The standard InChI is InChI=1S/C13H12O2/c1-10(14)13-8-7-12(15-13)9-11-5-3-2-4-6-11/h2-8H,9H2,1H3. The Bertz CT molecular complexity index is 454. The third-order valence-electron chi connectivity index (χ3n) is 2.23. The molecule has 0 aliphatic heterocycles. The van der Waals surface area contributed by atoms with Crippen LogP contribution in [0.25, 0.3) is 0 Å². The fraction of sp³-hybridized carbons (Fsp3) is 0.154. The summed E-state index contributed by atoms with van der Waals surface area (Å²) in [5.74, 6) is 1.22. The fourth-order valence-corrected chi connectivity index (χ4v) is 1.46. The lowest BCUT2D eigenvalue weighted by Crippen LogP contribution is -1.87. The molecular formula is C13H12O2. The lowest BCUT2D eigenvalue weighted by Gasteiger charge is -1.96. The topological polar surface area (TPSA) is 30.2 Å². The van der Waals surface area contributed by atoms with Crippen LogP contribution in [-0.4, -0.2) is 5.78 Å². The van der Waals surface area contributed by atoms with Gasteiger partial charge in [0.15, 0.2) is 11.5 Å². The highest BCUT2D eigenvalue weighted by atomic mass is 16.3. The van der Waals surface area contributed by atoms with Gasteiger partial charge >= 0.3 is 0 Å². The Morgan fingerprint density at radius 1 is 1.13 bits per heavy atom. The number of hydrogen-bond donors (Lipinski definition) is 0. The maximum atomic E-state index is 11.0. The largest absolute Gasteiger partial charge is 0.458 e. The van der Waals surface area contributed by atoms with Gasteiger partial charge in [-0.15, -0.1) is 0 Å². The number of ketones is 1. The molecule has 0 fully saturated rings. The monoisotopic (exact) mass is 200 g/mol. The van der Waals surface area contributed by atoms with E-state index < -0.39 is 0 Å². The third kappa shape index (κ3) is 2.34. The number of rotatable bonds is 3. The quantitative estimate of drug-likeness (QED) is 0.713. The molecule has 0 N–H and O–H groups in total. The van der Waals surface area contributed by atoms with E-state index in [1.54, 1.807) is 6.07 Å². The van der Waals surface area contributed by atoms with Crippen LogP contribution >= 0.6 is 0 Å². The minimum Gasteiger partial charge on any atom is -0.458 e. The first kappa shape index (κ1) is 9.71. The van der Waals surface area contributed by atoms with Gasteiger partial charge in [-0.3, -0.25) is 4.79 Å². The minimum absolute atomic E-state index is 0.0330. The van der Waals surface area contributed by atoms with E-state index in [1.807, 2.05) is 36.4 Å². The Morgan fingerprint density at radius 2 is 1.87 bits per heavy atom. The van der Waals surface area contributed by atoms with Crippen LogP contribution in [0.5, 0.6) is 0 Å². The summed E-state index contributed by atoms with van der Waals surface area (Å²) in [4.78, 5) is 11.0. The van der Waals surface area contributed by atoms with Crippen LogP contribution in [0.1, 0.15) is 28.8 Å². The number of hydrogen-bond acceptors (Lipinski definition) is 2. The molecule has 0 saturated heterocycles. The van der Waals surface area contributed by atoms with Gasteiger partial charge in [0.1, 0.15) is 5.76 Å². The van der Waals surface area contributed by atoms with Crippen molar-refractivity contribution in [2.45, 2.75) is 13.3 Å². The zero-order valence-corrected chi connectivity index (χ0v) is 8.57. The predicted octanol–water partition coefficient (Wildman–Crippen LogP) is 3.07. The molecule has 0 saturated carbocycles. The fourth-order valence-electron chi connectivity index (χ4n) is 1.46. The number of Topliss-reactive ketones (excluding diaryl/α,β-unsaturated/α-hetero) is 1. The van der Waals surface area contributed by atoms with Crippen LogP contribution in [0, 0.1) is 0 Å². The van der Waals surface area contributed by atoms with E-state index in [1.165, 1.54) is 12.5 Å². The van der Waals surface area contributed by atoms with Crippen LogP contribution in [0.2, 0.25) is 0 Å². The molecule has 1 aromatic heterocycles. The molecule has 1 aromatic carbocycles. The van der Waals surface area contributed by atoms with Gasteiger partial charge in [0.25, 0.3) is 0 Å². The molecule has 1 heterocycles. The van der Waals surface area contributed by atoms with Gasteiger partial charge in [-0.1, -0.05) is 30.3 Å². The predicted molar refractivity (Wildman–Crippen MR) is 58.0 cm³/mol. The van der Waals surface area contributed by atoms with Crippen molar-refractivity contribution in [3.8, 4) is 0 Å². The number of carbonyl (C=O) groups is 1. The van der Waals surface area contributed by atoms with E-state index in [4.69, 9.17) is 4.42 Å². The summed E-state index contributed by atoms with van der Waals surface area (Å²) in [7, 11) is 0. The van der Waals surface area contributed by atoms with Gasteiger partial charge in [-0.2, -0.15) is 0 Å². The highest BCUT2D eigenvalue weighted by Gasteiger charge is 2.06. The van der Waals surface area contributed by atoms with Crippen LogP contribution in [0.15, 0.2) is 46.9 Å². The Hall–Kier alpha value is -1.83. The second-order valence-corrected chi connectivity index (χ2v) is 3.48. The Labute approximate surface area is 88.5 Å². The lowest BCUT2D eigenvalue weighted by molar-refractivity contribution is 0.0985. The number of furan rings is 1. The molecular weight excluding hydrogens is 188 g/mol. The molecule has 0 radical (unpaired) electrons. The van der Waals surface area contributed by atoms with Crippen molar-refractivity contribution in [2.75, 3.05) is 0 Å². The summed E-state index contributed by atoms with van der Waals surface area (Å²) in [6.07, 6.45) is 0.730. The van der Waals surface area contributed by atoms with Crippen LogP contribution in [0.3, 0.4) is 0 Å². The van der Waals surface area contributed by atoms with Crippen LogP contribution in [0.4, 0.5) is 0 Å². The van der Waals surface area contributed by atoms with Gasteiger partial charge in [0.2, 0.25) is 0 Å². The van der Waals surface area contributed by atoms with Crippen molar-refractivity contribution in [1.82, 2.24) is 0 Å². The zero-order chi connectivity index (χ0) is 10.7. The summed E-state index contributed by atoms with van der Waals surface area (Å²) < 4.78 is 5.40. The van der Waals surface area contributed by atoms with E-state index in [0.717, 1.165) is 12.2 Å². The maximum absolute atomic E-state index is 11.0. The zero-order valence-electron chi connectivity index (χ0n) is 8.57. The van der Waals surface area contributed by atoms with Crippen molar-refractivity contribution in [3.05, 3.63) is 59.5 Å². The van der Waals surface area contributed by atoms with Gasteiger partial charge in [0, 0.05) is 13.3 Å². The summed E-state index contributed by atoms with van der Waals surface area (Å²) >= 11 is 0. The lowest BCUT2D eigenvalue weighted by atomic mass is 10.1. The Kier molecular flexibility index (Phi) is 2.68. The minimum atomic E-state index is -0.0330. The average Bonchev–Trinajstić information content (AvgIpc) is 2.68. The second-order valence-electron chi connectivity index (χ2n) is 3.48. The van der Waals surface area contributed by atoms with Crippen molar-refractivity contribution >= 4 is 5.78 Å². The molecule has 0 bridgehead atoms. The first-order chi connectivity index (χ1) is 7.25. The van der Waals surface area contributed by atoms with Crippen molar-refractivity contribution in [1.29, 1.82) is 0 Å². The molecule has 0 aliphatic carbocycles. The molecule has 76 valence electrons. The molecule has 2 rings (SSSR count). The molecule has 0 spiro atoms. The highest BCUT2D eigenvalue weighted by molar-refractivity contribution is 5.91. The summed E-state index contributed by atoms with van der Waals surface area (Å²) in [6, 6.07) is 13.6. The van der Waals surface area contributed by atoms with Crippen molar-refractivity contribution < 1.29 is 9.21 Å². The van der Waals surface area contributed by atoms with Crippen LogP contribution < -0.4 is 0 Å². The summed E-state index contributed by atoms with van der Waals surface area (Å²) in [6.45, 7) is 1.51. The second kappa shape index (κ2) is 4.13. The Balaban J connectivity index is 2.15. The van der Waals surface area contributed by atoms with E-state index in [-0.39, 0.29) is 5.78 Å². The van der Waals surface area contributed by atoms with Gasteiger partial charge < -0.3 is 4.42 Å². The van der Waals surface area contributed by atoms with Gasteiger partial charge in [-0.05, 0) is 17.7 Å². The van der Waals surface area contributed by atoms with Crippen LogP contribution in [-0.2, 0) is 6.42 Å². The molecule has 0 aliphatic rings. The smallest absolute Gasteiger partial charge is 0.194 e. The first-order valence-electron chi connectivity index (χ1n) is 4.89. The van der Waals surface area contributed by atoms with Gasteiger partial charge in [0.05, 0.1) is 0 Å². The summed E-state index contributed by atoms with van der Waals surface area (Å²) in [5, 5.41) is 0. The molecule has 2 aromatic rings. The average molecular weight is 200 g/mol.